The van der Waals surface area contributed by atoms with Gasteiger partial charge in [0.1, 0.15) is 5.82 Å². The molecule has 1 aliphatic carbocycles. The molecule has 2 aliphatic heterocycles. The number of ether oxygens (including phenoxy) is 1. The van der Waals surface area contributed by atoms with Crippen LogP contribution in [0.15, 0.2) is 0 Å². The second kappa shape index (κ2) is 7.39. The lowest BCUT2D eigenvalue weighted by molar-refractivity contribution is -0.138. The maximum Gasteiger partial charge on any atom is 0.227 e. The van der Waals surface area contributed by atoms with E-state index in [9.17, 15) is 4.79 Å². The molecule has 26 heavy (non-hydrogen) atoms. The molecule has 0 bridgehead atoms. The van der Waals surface area contributed by atoms with Crippen molar-refractivity contribution in [2.24, 2.45) is 5.92 Å². The van der Waals surface area contributed by atoms with Gasteiger partial charge in [-0.15, -0.1) is 0 Å². The van der Waals surface area contributed by atoms with E-state index >= 15 is 0 Å². The van der Waals surface area contributed by atoms with Crippen molar-refractivity contribution in [1.82, 2.24) is 14.9 Å². The van der Waals surface area contributed by atoms with Crippen molar-refractivity contribution in [3.63, 3.8) is 0 Å². The Kier molecular flexibility index (Phi) is 4.98. The summed E-state index contributed by atoms with van der Waals surface area (Å²) in [6.45, 7) is 4.66. The van der Waals surface area contributed by atoms with Crippen LogP contribution in [0.4, 0.5) is 11.8 Å². The number of carbonyl (C=O) groups excluding carboxylic acids is 1. The lowest BCUT2D eigenvalue weighted by atomic mass is 9.84. The molecule has 1 aromatic rings. The fourth-order valence-corrected chi connectivity index (χ4v) is 3.98. The summed E-state index contributed by atoms with van der Waals surface area (Å²) in [6.07, 6.45) is 4.97. The second-order valence-electron chi connectivity index (χ2n) is 7.72. The van der Waals surface area contributed by atoms with Crippen LogP contribution in [0.25, 0.3) is 0 Å². The van der Waals surface area contributed by atoms with Gasteiger partial charge < -0.3 is 19.4 Å². The van der Waals surface area contributed by atoms with Gasteiger partial charge >= 0.3 is 0 Å². The largest absolute Gasteiger partial charge is 0.378 e. The molecule has 0 unspecified atom stereocenters. The molecule has 4 rings (SSSR count). The van der Waals surface area contributed by atoms with Crippen molar-refractivity contribution in [2.75, 3.05) is 63.3 Å². The summed E-state index contributed by atoms with van der Waals surface area (Å²) in [5.74, 6) is 2.40. The third-order valence-electron chi connectivity index (χ3n) is 5.79. The van der Waals surface area contributed by atoms with Crippen LogP contribution in [0.1, 0.15) is 30.5 Å². The number of anilines is 2. The van der Waals surface area contributed by atoms with E-state index in [0.717, 1.165) is 82.5 Å². The molecule has 3 heterocycles. The van der Waals surface area contributed by atoms with Crippen molar-refractivity contribution in [2.45, 2.75) is 32.1 Å². The first-order chi connectivity index (χ1) is 12.6. The zero-order chi connectivity index (χ0) is 18.1. The zero-order valence-corrected chi connectivity index (χ0v) is 15.9. The van der Waals surface area contributed by atoms with Crippen LogP contribution in [0, 0.1) is 5.92 Å². The predicted molar refractivity (Wildman–Crippen MR) is 101 cm³/mol. The molecule has 0 radical (unpaired) electrons. The molecule has 7 nitrogen and oxygen atoms in total. The average molecular weight is 359 g/mol. The number of hydrogen-bond donors (Lipinski definition) is 0. The Morgan fingerprint density at radius 3 is 2.46 bits per heavy atom. The third kappa shape index (κ3) is 3.37. The minimum absolute atomic E-state index is 0.263. The fraction of sp³-hybridized carbons (Fsp3) is 0.737. The van der Waals surface area contributed by atoms with Crippen LogP contribution < -0.4 is 9.80 Å². The van der Waals surface area contributed by atoms with Crippen LogP contribution in [-0.2, 0) is 22.4 Å². The van der Waals surface area contributed by atoms with Gasteiger partial charge in [-0.3, -0.25) is 4.79 Å². The topological polar surface area (TPSA) is 61.8 Å². The van der Waals surface area contributed by atoms with Gasteiger partial charge in [0, 0.05) is 58.2 Å². The van der Waals surface area contributed by atoms with E-state index < -0.39 is 0 Å². The average Bonchev–Trinajstić information content (AvgIpc) is 2.82. The monoisotopic (exact) mass is 359 g/mol. The molecule has 1 saturated carbocycles. The SMILES string of the molecule is CN(C)c1nc(N2CCOCC2)nc2c1CCN(C(=O)C1CCC1)CC2. The summed E-state index contributed by atoms with van der Waals surface area (Å²) in [5, 5.41) is 0. The number of nitrogens with zero attached hydrogens (tertiary/aromatic N) is 5. The summed E-state index contributed by atoms with van der Waals surface area (Å²) in [4.78, 5) is 28.8. The Balaban J connectivity index is 1.58. The molecule has 142 valence electrons. The van der Waals surface area contributed by atoms with Gasteiger partial charge in [0.15, 0.2) is 0 Å². The Morgan fingerprint density at radius 1 is 1.08 bits per heavy atom. The molecule has 7 heteroatoms. The van der Waals surface area contributed by atoms with E-state index in [1.54, 1.807) is 0 Å². The first-order valence-electron chi connectivity index (χ1n) is 9.82. The Morgan fingerprint density at radius 2 is 1.81 bits per heavy atom. The molecule has 2 fully saturated rings. The maximum atomic E-state index is 12.7. The highest BCUT2D eigenvalue weighted by molar-refractivity contribution is 5.79. The highest BCUT2D eigenvalue weighted by Gasteiger charge is 2.31. The highest BCUT2D eigenvalue weighted by atomic mass is 16.5. The van der Waals surface area contributed by atoms with Gasteiger partial charge in [-0.1, -0.05) is 6.42 Å². The molecule has 1 saturated heterocycles. The summed E-state index contributed by atoms with van der Waals surface area (Å²) in [6, 6.07) is 0. The van der Waals surface area contributed by atoms with Gasteiger partial charge in [0.05, 0.1) is 18.9 Å². The van der Waals surface area contributed by atoms with Gasteiger partial charge in [-0.05, 0) is 19.3 Å². The molecule has 0 atom stereocenters. The fourth-order valence-electron chi connectivity index (χ4n) is 3.98. The summed E-state index contributed by atoms with van der Waals surface area (Å²) >= 11 is 0. The van der Waals surface area contributed by atoms with E-state index in [1.165, 1.54) is 12.0 Å². The number of fused-ring (bicyclic) bond motifs is 1. The van der Waals surface area contributed by atoms with Crippen LogP contribution in [0.5, 0.6) is 0 Å². The minimum atomic E-state index is 0.263. The van der Waals surface area contributed by atoms with E-state index in [0.29, 0.717) is 5.91 Å². The number of amides is 1. The Labute approximate surface area is 155 Å². The van der Waals surface area contributed by atoms with Crippen LogP contribution in [0.2, 0.25) is 0 Å². The van der Waals surface area contributed by atoms with Gasteiger partial charge in [-0.25, -0.2) is 4.98 Å². The van der Waals surface area contributed by atoms with E-state index in [2.05, 4.69) is 14.7 Å². The van der Waals surface area contributed by atoms with Crippen molar-refractivity contribution in [3.8, 4) is 0 Å². The standard InChI is InChI=1S/C19H29N5O2/c1-22(2)17-15-6-8-23(18(25)14-4-3-5-14)9-7-16(15)20-19(21-17)24-10-12-26-13-11-24/h14H,3-13H2,1-2H3. The highest BCUT2D eigenvalue weighted by Crippen LogP contribution is 2.31. The molecule has 3 aliphatic rings. The maximum absolute atomic E-state index is 12.7. The molecule has 1 aromatic heterocycles. The van der Waals surface area contributed by atoms with Crippen molar-refractivity contribution >= 4 is 17.7 Å². The quantitative estimate of drug-likeness (QED) is 0.806. The normalized spacial score (nSPS) is 21.0. The van der Waals surface area contributed by atoms with Crippen LogP contribution in [0.3, 0.4) is 0 Å². The van der Waals surface area contributed by atoms with E-state index in [4.69, 9.17) is 14.7 Å². The number of carbonyl (C=O) groups is 1. The number of rotatable bonds is 3. The lowest BCUT2D eigenvalue weighted by Gasteiger charge is -2.30. The molecular formula is C19H29N5O2. The molecule has 1 amide bonds. The Hall–Kier alpha value is -1.89. The zero-order valence-electron chi connectivity index (χ0n) is 15.9. The molecular weight excluding hydrogens is 330 g/mol. The lowest BCUT2D eigenvalue weighted by Crippen LogP contribution is -2.40. The molecule has 0 spiro atoms. The first-order valence-corrected chi connectivity index (χ1v) is 9.82. The number of hydrogen-bond acceptors (Lipinski definition) is 6. The van der Waals surface area contributed by atoms with Gasteiger partial charge in [0.25, 0.3) is 0 Å². The van der Waals surface area contributed by atoms with E-state index in [1.807, 2.05) is 14.1 Å². The first kappa shape index (κ1) is 17.5. The van der Waals surface area contributed by atoms with Gasteiger partial charge in [-0.2, -0.15) is 4.98 Å². The second-order valence-corrected chi connectivity index (χ2v) is 7.72. The number of aromatic nitrogens is 2. The van der Waals surface area contributed by atoms with Crippen molar-refractivity contribution in [3.05, 3.63) is 11.3 Å². The summed E-state index contributed by atoms with van der Waals surface area (Å²) < 4.78 is 5.46. The molecule has 0 aromatic carbocycles. The van der Waals surface area contributed by atoms with Crippen molar-refractivity contribution < 1.29 is 9.53 Å². The smallest absolute Gasteiger partial charge is 0.227 e. The summed E-state index contributed by atoms with van der Waals surface area (Å²) in [5.41, 5.74) is 2.31. The third-order valence-corrected chi connectivity index (χ3v) is 5.79. The van der Waals surface area contributed by atoms with E-state index in [-0.39, 0.29) is 5.92 Å². The van der Waals surface area contributed by atoms with Crippen molar-refractivity contribution in [1.29, 1.82) is 0 Å². The summed E-state index contributed by atoms with van der Waals surface area (Å²) in [7, 11) is 4.07. The Bertz CT molecular complexity index is 668. The predicted octanol–water partition coefficient (Wildman–Crippen LogP) is 1.11. The van der Waals surface area contributed by atoms with Gasteiger partial charge in [0.2, 0.25) is 11.9 Å². The number of morpholine rings is 1. The van der Waals surface area contributed by atoms with Crippen LogP contribution in [-0.4, -0.2) is 74.3 Å². The minimum Gasteiger partial charge on any atom is -0.378 e. The molecule has 0 N–H and O–H groups in total. The van der Waals surface area contributed by atoms with Crippen LogP contribution >= 0.6 is 0 Å².